The topological polar surface area (TPSA) is 53.7 Å². The summed E-state index contributed by atoms with van der Waals surface area (Å²) in [7, 11) is 1.59. The number of hydrogen-bond donors (Lipinski definition) is 1. The molecule has 0 heterocycles. The number of methoxy groups -OCH3 is 1. The average Bonchev–Trinajstić information content (AvgIpc) is 2.33. The van der Waals surface area contributed by atoms with Gasteiger partial charge in [0.15, 0.2) is 0 Å². The van der Waals surface area contributed by atoms with Crippen LogP contribution < -0.4 is 15.2 Å². The van der Waals surface area contributed by atoms with E-state index in [1.165, 1.54) is 0 Å². The van der Waals surface area contributed by atoms with Crippen molar-refractivity contribution in [2.24, 2.45) is 5.92 Å². The van der Waals surface area contributed by atoms with Gasteiger partial charge in [0.05, 0.1) is 19.4 Å². The number of nitrogens with two attached hydrogens (primary N) is 1. The van der Waals surface area contributed by atoms with Crippen LogP contribution in [0.3, 0.4) is 0 Å². The first kappa shape index (κ1) is 14.6. The Morgan fingerprint density at radius 3 is 2.56 bits per heavy atom. The Bertz CT molecular complexity index is 353. The highest BCUT2D eigenvalue weighted by Gasteiger charge is 2.01. The second-order valence-electron chi connectivity index (χ2n) is 4.55. The lowest BCUT2D eigenvalue weighted by molar-refractivity contribution is 0.0926. The zero-order chi connectivity index (χ0) is 13.4. The molecule has 0 saturated heterocycles. The molecule has 0 fully saturated rings. The minimum Gasteiger partial charge on any atom is -0.495 e. The third-order valence-electron chi connectivity index (χ3n) is 2.54. The fourth-order valence-corrected chi connectivity index (χ4v) is 1.44. The summed E-state index contributed by atoms with van der Waals surface area (Å²) in [6.07, 6.45) is 1.08. The molecule has 0 spiro atoms. The highest BCUT2D eigenvalue weighted by atomic mass is 16.5. The minimum absolute atomic E-state index is 0.532. The normalized spacial score (nSPS) is 10.7. The zero-order valence-corrected chi connectivity index (χ0v) is 11.4. The highest BCUT2D eigenvalue weighted by molar-refractivity contribution is 5.56. The molecule has 0 unspecified atom stereocenters. The molecule has 2 N–H and O–H groups in total. The summed E-state index contributed by atoms with van der Waals surface area (Å²) in [5.74, 6) is 2.07. The number of benzene rings is 1. The molecular formula is C14H23NO3. The molecule has 4 nitrogen and oxygen atoms in total. The number of anilines is 1. The fraction of sp³-hybridized carbons (Fsp3) is 0.571. The van der Waals surface area contributed by atoms with Gasteiger partial charge in [0.2, 0.25) is 0 Å². The smallest absolute Gasteiger partial charge is 0.142 e. The van der Waals surface area contributed by atoms with Crippen molar-refractivity contribution < 1.29 is 14.2 Å². The van der Waals surface area contributed by atoms with Gasteiger partial charge in [-0.15, -0.1) is 0 Å². The molecule has 18 heavy (non-hydrogen) atoms. The second kappa shape index (κ2) is 7.82. The maximum atomic E-state index is 5.78. The Kier molecular flexibility index (Phi) is 6.36. The van der Waals surface area contributed by atoms with Crippen molar-refractivity contribution in [2.45, 2.75) is 20.3 Å². The van der Waals surface area contributed by atoms with Crippen LogP contribution in [0.4, 0.5) is 5.69 Å². The standard InChI is InChI=1S/C14H23NO3/c1-11(2)6-7-17-8-9-18-12-4-5-14(16-3)13(15)10-12/h4-5,10-11H,6-9,15H2,1-3H3. The molecule has 0 aliphatic carbocycles. The maximum absolute atomic E-state index is 5.78. The van der Waals surface area contributed by atoms with Crippen LogP contribution in [0.25, 0.3) is 0 Å². The largest absolute Gasteiger partial charge is 0.495 e. The third-order valence-corrected chi connectivity index (χ3v) is 2.54. The molecule has 0 atom stereocenters. The summed E-state index contributed by atoms with van der Waals surface area (Å²) in [4.78, 5) is 0. The lowest BCUT2D eigenvalue weighted by Gasteiger charge is -2.10. The number of rotatable bonds is 8. The SMILES string of the molecule is COc1ccc(OCCOCCC(C)C)cc1N. The predicted octanol–water partition coefficient (Wildman–Crippen LogP) is 2.72. The van der Waals surface area contributed by atoms with Crippen molar-refractivity contribution in [1.29, 1.82) is 0 Å². The maximum Gasteiger partial charge on any atom is 0.142 e. The fourth-order valence-electron chi connectivity index (χ4n) is 1.44. The van der Waals surface area contributed by atoms with Crippen LogP contribution in [0, 0.1) is 5.92 Å². The molecule has 1 aromatic carbocycles. The van der Waals surface area contributed by atoms with Crippen molar-refractivity contribution in [1.82, 2.24) is 0 Å². The first-order valence-electron chi connectivity index (χ1n) is 6.27. The monoisotopic (exact) mass is 253 g/mol. The van der Waals surface area contributed by atoms with Gasteiger partial charge in [-0.1, -0.05) is 13.8 Å². The molecule has 0 aliphatic rings. The van der Waals surface area contributed by atoms with Crippen molar-refractivity contribution in [3.05, 3.63) is 18.2 Å². The summed E-state index contributed by atoms with van der Waals surface area (Å²) in [6.45, 7) is 6.27. The molecule has 0 saturated carbocycles. The Morgan fingerprint density at radius 2 is 1.94 bits per heavy atom. The molecular weight excluding hydrogens is 230 g/mol. The van der Waals surface area contributed by atoms with Gasteiger partial charge in [-0.25, -0.2) is 0 Å². The van der Waals surface area contributed by atoms with Crippen LogP contribution in [-0.2, 0) is 4.74 Å². The predicted molar refractivity (Wildman–Crippen MR) is 73.2 cm³/mol. The van der Waals surface area contributed by atoms with Crippen molar-refractivity contribution in [2.75, 3.05) is 32.7 Å². The summed E-state index contributed by atoms with van der Waals surface area (Å²) >= 11 is 0. The Labute approximate surface area is 109 Å². The van der Waals surface area contributed by atoms with Crippen LogP contribution in [-0.4, -0.2) is 26.9 Å². The van der Waals surface area contributed by atoms with E-state index in [2.05, 4.69) is 13.8 Å². The average molecular weight is 253 g/mol. The van der Waals surface area contributed by atoms with Crippen LogP contribution in [0.5, 0.6) is 11.5 Å². The van der Waals surface area contributed by atoms with Gasteiger partial charge in [-0.05, 0) is 24.5 Å². The van der Waals surface area contributed by atoms with E-state index in [0.29, 0.717) is 30.6 Å². The zero-order valence-electron chi connectivity index (χ0n) is 11.4. The van der Waals surface area contributed by atoms with Gasteiger partial charge in [0, 0.05) is 12.7 Å². The Morgan fingerprint density at radius 1 is 1.17 bits per heavy atom. The lowest BCUT2D eigenvalue weighted by atomic mass is 10.1. The van der Waals surface area contributed by atoms with Crippen LogP contribution >= 0.6 is 0 Å². The first-order chi connectivity index (χ1) is 8.63. The summed E-state index contributed by atoms with van der Waals surface area (Å²) in [6, 6.07) is 5.39. The van der Waals surface area contributed by atoms with Gasteiger partial charge in [-0.2, -0.15) is 0 Å². The third kappa shape index (κ3) is 5.27. The summed E-state index contributed by atoms with van der Waals surface area (Å²) in [5.41, 5.74) is 6.36. The molecule has 0 bridgehead atoms. The van der Waals surface area contributed by atoms with Gasteiger partial charge < -0.3 is 19.9 Å². The van der Waals surface area contributed by atoms with Crippen LogP contribution in [0.15, 0.2) is 18.2 Å². The van der Waals surface area contributed by atoms with Gasteiger partial charge >= 0.3 is 0 Å². The van der Waals surface area contributed by atoms with Gasteiger partial charge in [0.1, 0.15) is 18.1 Å². The lowest BCUT2D eigenvalue weighted by Crippen LogP contribution is -2.08. The van der Waals surface area contributed by atoms with E-state index in [1.807, 2.05) is 6.07 Å². The molecule has 0 radical (unpaired) electrons. The van der Waals surface area contributed by atoms with E-state index in [1.54, 1.807) is 19.2 Å². The molecule has 1 rings (SSSR count). The molecule has 0 aliphatic heterocycles. The summed E-state index contributed by atoms with van der Waals surface area (Å²) < 4.78 is 16.1. The number of nitrogen functional groups attached to an aromatic ring is 1. The van der Waals surface area contributed by atoms with E-state index in [4.69, 9.17) is 19.9 Å². The van der Waals surface area contributed by atoms with Crippen LogP contribution in [0.1, 0.15) is 20.3 Å². The van der Waals surface area contributed by atoms with Crippen molar-refractivity contribution in [3.8, 4) is 11.5 Å². The van der Waals surface area contributed by atoms with E-state index >= 15 is 0 Å². The molecule has 4 heteroatoms. The minimum atomic E-state index is 0.532. The van der Waals surface area contributed by atoms with E-state index in [-0.39, 0.29) is 0 Å². The highest BCUT2D eigenvalue weighted by Crippen LogP contribution is 2.25. The van der Waals surface area contributed by atoms with Gasteiger partial charge in [0.25, 0.3) is 0 Å². The van der Waals surface area contributed by atoms with E-state index < -0.39 is 0 Å². The van der Waals surface area contributed by atoms with Crippen molar-refractivity contribution >= 4 is 5.69 Å². The second-order valence-corrected chi connectivity index (χ2v) is 4.55. The van der Waals surface area contributed by atoms with E-state index in [9.17, 15) is 0 Å². The number of ether oxygens (including phenoxy) is 3. The number of hydrogen-bond acceptors (Lipinski definition) is 4. The molecule has 102 valence electrons. The Hall–Kier alpha value is -1.42. The molecule has 0 aromatic heterocycles. The van der Waals surface area contributed by atoms with Crippen molar-refractivity contribution in [3.63, 3.8) is 0 Å². The first-order valence-corrected chi connectivity index (χ1v) is 6.27. The van der Waals surface area contributed by atoms with Crippen LogP contribution in [0.2, 0.25) is 0 Å². The van der Waals surface area contributed by atoms with E-state index in [0.717, 1.165) is 18.8 Å². The Balaban J connectivity index is 2.21. The quantitative estimate of drug-likeness (QED) is 0.571. The molecule has 0 amide bonds. The van der Waals surface area contributed by atoms with Gasteiger partial charge in [-0.3, -0.25) is 0 Å². The summed E-state index contributed by atoms with van der Waals surface area (Å²) in [5, 5.41) is 0. The molecule has 1 aromatic rings.